The Morgan fingerprint density at radius 1 is 1.36 bits per heavy atom. The van der Waals surface area contributed by atoms with Crippen LogP contribution in [0.15, 0.2) is 22.4 Å². The van der Waals surface area contributed by atoms with E-state index >= 15 is 0 Å². The van der Waals surface area contributed by atoms with Crippen molar-refractivity contribution in [2.24, 2.45) is 0 Å². The molecule has 0 saturated heterocycles. The molecule has 0 amide bonds. The summed E-state index contributed by atoms with van der Waals surface area (Å²) in [6.07, 6.45) is 0.131. The van der Waals surface area contributed by atoms with Crippen molar-refractivity contribution in [3.8, 4) is 5.75 Å². The number of fused-ring (bicyclic) bond motifs is 1. The van der Waals surface area contributed by atoms with Gasteiger partial charge in [0.2, 0.25) is 0 Å². The van der Waals surface area contributed by atoms with Gasteiger partial charge in [-0.2, -0.15) is 21.6 Å². The van der Waals surface area contributed by atoms with Gasteiger partial charge in [0, 0.05) is 21.4 Å². The van der Waals surface area contributed by atoms with E-state index in [0.29, 0.717) is 15.3 Å². The minimum Gasteiger partial charge on any atom is -0.469 e. The fourth-order valence-electron chi connectivity index (χ4n) is 1.71. The van der Waals surface area contributed by atoms with E-state index in [1.54, 1.807) is 6.07 Å². The highest BCUT2D eigenvalue weighted by atomic mass is 35.5. The van der Waals surface area contributed by atoms with Crippen LogP contribution in [0.2, 0.25) is 5.02 Å². The largest absolute Gasteiger partial charge is 0.534 e. The second kappa shape index (κ2) is 7.60. The maximum Gasteiger partial charge on any atom is 0.534 e. The number of carbonyl (C=O) groups is 1. The van der Waals surface area contributed by atoms with E-state index in [1.807, 2.05) is 0 Å². The van der Waals surface area contributed by atoms with Crippen LogP contribution in [-0.4, -0.2) is 32.8 Å². The molecule has 1 aromatic carbocycles. The van der Waals surface area contributed by atoms with Crippen LogP contribution in [-0.2, 0) is 19.6 Å². The minimum atomic E-state index is -5.77. The number of thiophene rings is 1. The number of rotatable bonds is 6. The van der Waals surface area contributed by atoms with E-state index in [4.69, 9.17) is 11.6 Å². The van der Waals surface area contributed by atoms with Crippen LogP contribution in [0, 0.1) is 0 Å². The average molecular weight is 435 g/mol. The molecule has 0 N–H and O–H groups in total. The number of methoxy groups -OCH3 is 1. The normalized spacial score (nSPS) is 12.4. The van der Waals surface area contributed by atoms with Crippen LogP contribution >= 0.6 is 34.7 Å². The molecule has 138 valence electrons. The first-order valence-electron chi connectivity index (χ1n) is 6.46. The molecule has 25 heavy (non-hydrogen) atoms. The number of ether oxygens (including phenoxy) is 1. The molecule has 0 atom stereocenters. The fourth-order valence-corrected chi connectivity index (χ4v) is 4.43. The molecule has 5 nitrogen and oxygen atoms in total. The lowest BCUT2D eigenvalue weighted by Crippen LogP contribution is -2.27. The Morgan fingerprint density at radius 2 is 2.04 bits per heavy atom. The number of halogens is 4. The lowest BCUT2D eigenvalue weighted by molar-refractivity contribution is -0.140. The van der Waals surface area contributed by atoms with Crippen LogP contribution in [0.5, 0.6) is 5.75 Å². The van der Waals surface area contributed by atoms with Crippen LogP contribution < -0.4 is 4.18 Å². The summed E-state index contributed by atoms with van der Waals surface area (Å²) in [5.41, 5.74) is -5.53. The summed E-state index contributed by atoms with van der Waals surface area (Å²) in [7, 11) is -4.52. The van der Waals surface area contributed by atoms with Crippen molar-refractivity contribution in [3.05, 3.63) is 22.5 Å². The maximum atomic E-state index is 12.5. The molecule has 1 aromatic heterocycles. The summed E-state index contributed by atoms with van der Waals surface area (Å²) in [6.45, 7) is 0. The topological polar surface area (TPSA) is 69.7 Å². The summed E-state index contributed by atoms with van der Waals surface area (Å²) in [6, 6.07) is 3.03. The molecule has 12 heteroatoms. The third-order valence-corrected chi connectivity index (χ3v) is 6.21. The minimum absolute atomic E-state index is 0.131. The second-order valence-electron chi connectivity index (χ2n) is 4.54. The van der Waals surface area contributed by atoms with E-state index in [2.05, 4.69) is 8.92 Å². The summed E-state index contributed by atoms with van der Waals surface area (Å²) in [5, 5.41) is 1.52. The molecule has 0 aliphatic heterocycles. The molecule has 0 aliphatic rings. The lowest BCUT2D eigenvalue weighted by atomic mass is 10.2. The monoisotopic (exact) mass is 434 g/mol. The Hall–Kier alpha value is -1.17. The molecular weight excluding hydrogens is 425 g/mol. The standard InChI is InChI=1S/C13H10ClF3O5S3/c1-21-11(18)2-3-23-7-4-8-10(6-24-12(8)9(14)5-7)22-25(19,20)13(15,16)17/h4-6H,2-3H2,1H3. The fraction of sp³-hybridized carbons (Fsp3) is 0.308. The van der Waals surface area contributed by atoms with E-state index < -0.39 is 27.3 Å². The first-order chi connectivity index (χ1) is 11.5. The number of hydrogen-bond donors (Lipinski definition) is 0. The van der Waals surface area contributed by atoms with E-state index in [9.17, 15) is 26.4 Å². The smallest absolute Gasteiger partial charge is 0.469 e. The number of thioether (sulfide) groups is 1. The van der Waals surface area contributed by atoms with Crippen LogP contribution in [0.4, 0.5) is 13.2 Å². The van der Waals surface area contributed by atoms with Gasteiger partial charge in [-0.15, -0.1) is 23.1 Å². The van der Waals surface area contributed by atoms with E-state index in [0.717, 1.165) is 16.7 Å². The highest BCUT2D eigenvalue weighted by molar-refractivity contribution is 7.99. The Morgan fingerprint density at radius 3 is 2.64 bits per heavy atom. The Bertz CT molecular complexity index is 892. The van der Waals surface area contributed by atoms with Crippen molar-refractivity contribution < 1.29 is 35.3 Å². The van der Waals surface area contributed by atoms with Gasteiger partial charge < -0.3 is 8.92 Å². The molecule has 1 heterocycles. The zero-order chi connectivity index (χ0) is 18.8. The molecule has 0 radical (unpaired) electrons. The summed E-state index contributed by atoms with van der Waals surface area (Å²) < 4.78 is 68.9. The Kier molecular flexibility index (Phi) is 6.13. The van der Waals surface area contributed by atoms with Crippen molar-refractivity contribution in [2.45, 2.75) is 16.8 Å². The van der Waals surface area contributed by atoms with Crippen LogP contribution in [0.25, 0.3) is 10.1 Å². The number of esters is 1. The summed E-state index contributed by atoms with van der Waals surface area (Å²) >= 11 is 8.27. The van der Waals surface area contributed by atoms with E-state index in [-0.39, 0.29) is 16.8 Å². The third-order valence-electron chi connectivity index (χ3n) is 2.85. The molecule has 2 rings (SSSR count). The number of benzene rings is 1. The average Bonchev–Trinajstić information content (AvgIpc) is 2.89. The van der Waals surface area contributed by atoms with Gasteiger partial charge in [0.1, 0.15) is 0 Å². The number of alkyl halides is 3. The molecule has 0 spiro atoms. The highest BCUT2D eigenvalue weighted by Crippen LogP contribution is 2.41. The van der Waals surface area contributed by atoms with Crippen molar-refractivity contribution in [2.75, 3.05) is 12.9 Å². The predicted octanol–water partition coefficient (Wildman–Crippen LogP) is 4.44. The SMILES string of the molecule is COC(=O)CCSc1cc(Cl)c2scc(OS(=O)(=O)C(F)(F)F)c2c1. The first kappa shape index (κ1) is 20.1. The molecule has 0 bridgehead atoms. The van der Waals surface area contributed by atoms with Crippen molar-refractivity contribution >= 4 is 60.9 Å². The predicted molar refractivity (Wildman–Crippen MR) is 89.8 cm³/mol. The van der Waals surface area contributed by atoms with Gasteiger partial charge in [0.25, 0.3) is 0 Å². The highest BCUT2D eigenvalue weighted by Gasteiger charge is 2.48. The van der Waals surface area contributed by atoms with Gasteiger partial charge in [-0.05, 0) is 12.1 Å². The zero-order valence-electron chi connectivity index (χ0n) is 12.4. The van der Waals surface area contributed by atoms with Crippen molar-refractivity contribution in [1.29, 1.82) is 0 Å². The van der Waals surface area contributed by atoms with Crippen LogP contribution in [0.3, 0.4) is 0 Å². The Balaban J connectivity index is 2.30. The molecule has 0 aliphatic carbocycles. The first-order valence-corrected chi connectivity index (χ1v) is 10.1. The quantitative estimate of drug-likeness (QED) is 0.290. The maximum absolute atomic E-state index is 12.5. The zero-order valence-corrected chi connectivity index (χ0v) is 15.6. The van der Waals surface area contributed by atoms with Gasteiger partial charge >= 0.3 is 21.6 Å². The van der Waals surface area contributed by atoms with Crippen molar-refractivity contribution in [3.63, 3.8) is 0 Å². The third kappa shape index (κ3) is 4.72. The summed E-state index contributed by atoms with van der Waals surface area (Å²) in [5.74, 6) is -0.500. The molecular formula is C13H10ClF3O5S3. The van der Waals surface area contributed by atoms with Gasteiger partial charge in [-0.1, -0.05) is 11.6 Å². The van der Waals surface area contributed by atoms with E-state index in [1.165, 1.54) is 24.9 Å². The van der Waals surface area contributed by atoms with Crippen molar-refractivity contribution in [1.82, 2.24) is 0 Å². The summed E-state index contributed by atoms with van der Waals surface area (Å²) in [4.78, 5) is 11.6. The second-order valence-corrected chi connectivity index (χ2v) is 8.53. The Labute approximate surface area is 154 Å². The van der Waals surface area contributed by atoms with Crippen LogP contribution in [0.1, 0.15) is 6.42 Å². The molecule has 0 fully saturated rings. The van der Waals surface area contributed by atoms with Gasteiger partial charge in [0.05, 0.1) is 23.3 Å². The number of carbonyl (C=O) groups excluding carboxylic acids is 1. The van der Waals surface area contributed by atoms with Gasteiger partial charge in [-0.25, -0.2) is 0 Å². The molecule has 0 unspecified atom stereocenters. The molecule has 0 saturated carbocycles. The lowest BCUT2D eigenvalue weighted by Gasteiger charge is -2.09. The van der Waals surface area contributed by atoms with Gasteiger partial charge in [0.15, 0.2) is 5.75 Å². The van der Waals surface area contributed by atoms with Gasteiger partial charge in [-0.3, -0.25) is 4.79 Å². The number of hydrogen-bond acceptors (Lipinski definition) is 7. The molecule has 2 aromatic rings.